The molecule has 0 saturated carbocycles. The Kier molecular flexibility index (Phi) is 9.49. The fourth-order valence-corrected chi connectivity index (χ4v) is 4.46. The predicted octanol–water partition coefficient (Wildman–Crippen LogP) is 3.56. The molecule has 4 N–H and O–H groups in total. The van der Waals surface area contributed by atoms with Gasteiger partial charge in [0.1, 0.15) is 14.0 Å². The van der Waals surface area contributed by atoms with Crippen LogP contribution in [-0.4, -0.2) is 44.3 Å². The molecule has 0 aliphatic heterocycles. The molecular formula is C23H37N3O2Si. The van der Waals surface area contributed by atoms with Gasteiger partial charge in [0.25, 0.3) is 0 Å². The quantitative estimate of drug-likeness (QED) is 0.240. The summed E-state index contributed by atoms with van der Waals surface area (Å²) < 4.78 is 12.5. The van der Waals surface area contributed by atoms with E-state index in [1.165, 1.54) is 5.56 Å². The molecule has 0 bridgehead atoms. The van der Waals surface area contributed by atoms with Crippen LogP contribution in [0.4, 0.5) is 0 Å². The van der Waals surface area contributed by atoms with Gasteiger partial charge in [-0.25, -0.2) is 5.01 Å². The summed E-state index contributed by atoms with van der Waals surface area (Å²) in [6, 6.07) is 20.3. The zero-order chi connectivity index (χ0) is 21.3. The Labute approximate surface area is 177 Å². The molecule has 0 aromatic heterocycles. The van der Waals surface area contributed by atoms with E-state index in [-0.39, 0.29) is 18.1 Å². The van der Waals surface area contributed by atoms with Gasteiger partial charge in [0.2, 0.25) is 0 Å². The fourth-order valence-electron chi connectivity index (χ4n) is 3.21. The summed E-state index contributed by atoms with van der Waals surface area (Å²) in [5.74, 6) is 6.15. The molecule has 2 rings (SSSR count). The lowest BCUT2D eigenvalue weighted by Gasteiger charge is -2.36. The molecule has 3 atom stereocenters. The smallest absolute Gasteiger partial charge is 0.141 e. The van der Waals surface area contributed by atoms with Gasteiger partial charge in [-0.05, 0) is 24.5 Å². The van der Waals surface area contributed by atoms with Crippen molar-refractivity contribution in [3.05, 3.63) is 71.8 Å². The summed E-state index contributed by atoms with van der Waals surface area (Å²) in [5.41, 5.74) is 8.99. The third-order valence-electron chi connectivity index (χ3n) is 4.76. The number of hydrogen-bond donors (Lipinski definition) is 2. The second-order valence-corrected chi connectivity index (χ2v) is 13.8. The molecule has 3 unspecified atom stereocenters. The van der Waals surface area contributed by atoms with Gasteiger partial charge in [-0.15, -0.1) is 0 Å². The Morgan fingerprint density at radius 2 is 1.48 bits per heavy atom. The third kappa shape index (κ3) is 8.38. The lowest BCUT2D eigenvalue weighted by atomic mass is 10.0. The van der Waals surface area contributed by atoms with Crippen molar-refractivity contribution in [1.82, 2.24) is 5.01 Å². The van der Waals surface area contributed by atoms with E-state index in [2.05, 4.69) is 43.9 Å². The van der Waals surface area contributed by atoms with Gasteiger partial charge in [0.05, 0.1) is 6.10 Å². The first-order valence-electron chi connectivity index (χ1n) is 10.4. The van der Waals surface area contributed by atoms with Crippen LogP contribution < -0.4 is 11.6 Å². The van der Waals surface area contributed by atoms with E-state index >= 15 is 0 Å². The van der Waals surface area contributed by atoms with Crippen LogP contribution >= 0.6 is 0 Å². The van der Waals surface area contributed by atoms with Crippen molar-refractivity contribution in [3.63, 3.8) is 0 Å². The highest BCUT2D eigenvalue weighted by atomic mass is 28.3. The molecular weight excluding hydrogens is 378 g/mol. The van der Waals surface area contributed by atoms with Crippen molar-refractivity contribution in [3.8, 4) is 0 Å². The molecule has 160 valence electrons. The Balaban J connectivity index is 2.12. The highest BCUT2D eigenvalue weighted by molar-refractivity contribution is 6.77. The van der Waals surface area contributed by atoms with Crippen LogP contribution in [0.2, 0.25) is 19.6 Å². The lowest BCUT2D eigenvalue weighted by Crippen LogP contribution is -2.53. The van der Waals surface area contributed by atoms with Crippen molar-refractivity contribution in [2.75, 3.05) is 13.2 Å². The summed E-state index contributed by atoms with van der Waals surface area (Å²) in [5, 5.41) is 1.79. The van der Waals surface area contributed by atoms with Crippen LogP contribution in [0.15, 0.2) is 60.7 Å². The largest absolute Gasteiger partial charge is 0.357 e. The van der Waals surface area contributed by atoms with Crippen LogP contribution in [-0.2, 0) is 22.4 Å². The molecule has 0 aliphatic rings. The summed E-state index contributed by atoms with van der Waals surface area (Å²) in [6.45, 7) is 10.5. The number of hydrogen-bond acceptors (Lipinski definition) is 5. The summed E-state index contributed by atoms with van der Waals surface area (Å²) in [4.78, 5) is 0. The standard InChI is InChI=1S/C23H37N3O2Si/c1-5-27-23(29(2,3)4)28-22(21(24)16-19-12-8-6-9-13-19)18-26(25)17-20-14-10-7-11-15-20/h6-15,21-23H,5,16-18,24-25H2,1-4H3. The average molecular weight is 416 g/mol. The second kappa shape index (κ2) is 11.6. The van der Waals surface area contributed by atoms with Gasteiger partial charge in [-0.2, -0.15) is 0 Å². The van der Waals surface area contributed by atoms with E-state index < -0.39 is 8.07 Å². The van der Waals surface area contributed by atoms with Crippen molar-refractivity contribution in [2.45, 2.75) is 57.6 Å². The minimum atomic E-state index is -1.69. The van der Waals surface area contributed by atoms with Gasteiger partial charge in [-0.1, -0.05) is 80.3 Å². The van der Waals surface area contributed by atoms with Gasteiger partial charge in [-0.3, -0.25) is 5.84 Å². The maximum Gasteiger partial charge on any atom is 0.141 e. The number of nitrogens with two attached hydrogens (primary N) is 2. The number of rotatable bonds is 12. The molecule has 6 heteroatoms. The molecule has 2 aromatic rings. The van der Waals surface area contributed by atoms with E-state index in [1.54, 1.807) is 5.01 Å². The summed E-state index contributed by atoms with van der Waals surface area (Å²) in [6.07, 6.45) is 0.502. The normalized spacial score (nSPS) is 15.3. The SMILES string of the molecule is CCOC(OC(CN(N)Cc1ccccc1)C(N)Cc1ccccc1)[Si](C)(C)C. The van der Waals surface area contributed by atoms with Crippen LogP contribution in [0.25, 0.3) is 0 Å². The fraction of sp³-hybridized carbons (Fsp3) is 0.478. The first kappa shape index (κ1) is 23.7. The Bertz CT molecular complexity index is 694. The van der Waals surface area contributed by atoms with Crippen molar-refractivity contribution in [1.29, 1.82) is 0 Å². The first-order valence-corrected chi connectivity index (χ1v) is 14.0. The molecule has 2 aromatic carbocycles. The molecule has 0 spiro atoms. The van der Waals surface area contributed by atoms with Crippen molar-refractivity contribution < 1.29 is 9.47 Å². The van der Waals surface area contributed by atoms with Crippen LogP contribution in [0.5, 0.6) is 0 Å². The van der Waals surface area contributed by atoms with Gasteiger partial charge in [0, 0.05) is 25.7 Å². The van der Waals surface area contributed by atoms with Crippen LogP contribution in [0, 0.1) is 0 Å². The number of ether oxygens (including phenoxy) is 2. The molecule has 0 heterocycles. The Hall–Kier alpha value is -1.54. The average Bonchev–Trinajstić information content (AvgIpc) is 2.67. The van der Waals surface area contributed by atoms with E-state index in [0.29, 0.717) is 19.7 Å². The summed E-state index contributed by atoms with van der Waals surface area (Å²) in [7, 11) is -1.69. The minimum absolute atomic E-state index is 0.182. The number of benzene rings is 2. The summed E-state index contributed by atoms with van der Waals surface area (Å²) >= 11 is 0. The minimum Gasteiger partial charge on any atom is -0.357 e. The molecule has 0 radical (unpaired) electrons. The molecule has 0 saturated heterocycles. The van der Waals surface area contributed by atoms with Gasteiger partial charge < -0.3 is 15.2 Å². The predicted molar refractivity (Wildman–Crippen MR) is 123 cm³/mol. The Morgan fingerprint density at radius 1 is 0.931 bits per heavy atom. The second-order valence-electron chi connectivity index (χ2n) is 8.60. The molecule has 5 nitrogen and oxygen atoms in total. The van der Waals surface area contributed by atoms with E-state index in [9.17, 15) is 0 Å². The van der Waals surface area contributed by atoms with Gasteiger partial charge in [0.15, 0.2) is 0 Å². The topological polar surface area (TPSA) is 73.7 Å². The molecule has 0 aliphatic carbocycles. The van der Waals surface area contributed by atoms with Crippen molar-refractivity contribution in [2.24, 2.45) is 11.6 Å². The van der Waals surface area contributed by atoms with E-state index in [0.717, 1.165) is 12.0 Å². The third-order valence-corrected chi connectivity index (χ3v) is 6.48. The van der Waals surface area contributed by atoms with E-state index in [4.69, 9.17) is 21.1 Å². The highest BCUT2D eigenvalue weighted by Gasteiger charge is 2.33. The van der Waals surface area contributed by atoms with Crippen LogP contribution in [0.3, 0.4) is 0 Å². The molecule has 0 amide bonds. The monoisotopic (exact) mass is 415 g/mol. The van der Waals surface area contributed by atoms with Crippen LogP contribution in [0.1, 0.15) is 18.1 Å². The first-order chi connectivity index (χ1) is 13.8. The molecule has 29 heavy (non-hydrogen) atoms. The van der Waals surface area contributed by atoms with Gasteiger partial charge >= 0.3 is 0 Å². The maximum absolute atomic E-state index is 6.63. The number of nitrogens with zero attached hydrogens (tertiary/aromatic N) is 1. The van der Waals surface area contributed by atoms with E-state index in [1.807, 2.05) is 43.3 Å². The maximum atomic E-state index is 6.63. The highest BCUT2D eigenvalue weighted by Crippen LogP contribution is 2.18. The zero-order valence-electron chi connectivity index (χ0n) is 18.3. The lowest BCUT2D eigenvalue weighted by molar-refractivity contribution is -0.137. The number of hydrazine groups is 1. The van der Waals surface area contributed by atoms with Crippen molar-refractivity contribution >= 4 is 8.07 Å². The Morgan fingerprint density at radius 3 is 2.00 bits per heavy atom. The zero-order valence-corrected chi connectivity index (χ0v) is 19.3. The molecule has 0 fully saturated rings.